The molecule has 0 spiro atoms. The normalized spacial score (nSPS) is 12.0. The summed E-state index contributed by atoms with van der Waals surface area (Å²) in [6, 6.07) is 0. The van der Waals surface area contributed by atoms with Gasteiger partial charge in [0.15, 0.2) is 0 Å². The maximum Gasteiger partial charge on any atom is 0.0822 e. The quantitative estimate of drug-likeness (QED) is 0.693. The Bertz CT molecular complexity index is 248. The van der Waals surface area contributed by atoms with Crippen LogP contribution in [0.15, 0.2) is 6.20 Å². The predicted octanol–water partition coefficient (Wildman–Crippen LogP) is 1.82. The minimum Gasteiger partial charge on any atom is -0.396 e. The fraction of sp³-hybridized carbons (Fsp3) is 0.667. The Morgan fingerprint density at radius 3 is 2.42 bits per heavy atom. The maximum absolute atomic E-state index is 5.68. The number of rotatable bonds is 1. The highest BCUT2D eigenvalue weighted by Crippen LogP contribution is 2.17. The molecule has 0 radical (unpaired) electrons. The van der Waals surface area contributed by atoms with Crippen LogP contribution in [-0.4, -0.2) is 9.78 Å². The van der Waals surface area contributed by atoms with E-state index in [1.165, 1.54) is 0 Å². The van der Waals surface area contributed by atoms with E-state index in [1.54, 1.807) is 0 Å². The average Bonchev–Trinajstić information content (AvgIpc) is 2.07. The largest absolute Gasteiger partial charge is 0.396 e. The van der Waals surface area contributed by atoms with Crippen molar-refractivity contribution < 1.29 is 0 Å². The molecule has 68 valence electrons. The van der Waals surface area contributed by atoms with E-state index in [9.17, 15) is 0 Å². The van der Waals surface area contributed by atoms with E-state index in [2.05, 4.69) is 25.9 Å². The first-order chi connectivity index (χ1) is 5.38. The zero-order valence-corrected chi connectivity index (χ0v) is 8.26. The van der Waals surface area contributed by atoms with Gasteiger partial charge in [0.2, 0.25) is 0 Å². The first kappa shape index (κ1) is 9.10. The monoisotopic (exact) mass is 167 g/mol. The number of aromatic nitrogens is 2. The van der Waals surface area contributed by atoms with Crippen LogP contribution in [0.5, 0.6) is 0 Å². The Hall–Kier alpha value is -0.990. The van der Waals surface area contributed by atoms with Gasteiger partial charge in [-0.1, -0.05) is 20.8 Å². The SMILES string of the molecule is Cc1nn(CC(C)(C)C)cc1N. The van der Waals surface area contributed by atoms with Gasteiger partial charge in [-0.05, 0) is 12.3 Å². The standard InChI is InChI=1S/C9H17N3/c1-7-8(10)5-12(11-7)6-9(2,3)4/h5H,6,10H2,1-4H3. The van der Waals surface area contributed by atoms with Gasteiger partial charge in [-0.3, -0.25) is 4.68 Å². The smallest absolute Gasteiger partial charge is 0.0822 e. The molecule has 0 aliphatic carbocycles. The molecular formula is C9H17N3. The molecule has 0 aromatic carbocycles. The number of nitrogens with zero attached hydrogens (tertiary/aromatic N) is 2. The lowest BCUT2D eigenvalue weighted by molar-refractivity contribution is 0.325. The molecule has 1 aromatic rings. The van der Waals surface area contributed by atoms with Gasteiger partial charge < -0.3 is 5.73 Å². The van der Waals surface area contributed by atoms with Gasteiger partial charge in [-0.15, -0.1) is 0 Å². The molecule has 0 aliphatic heterocycles. The summed E-state index contributed by atoms with van der Waals surface area (Å²) in [4.78, 5) is 0. The molecule has 0 amide bonds. The third-order valence-electron chi connectivity index (χ3n) is 1.62. The first-order valence-electron chi connectivity index (χ1n) is 4.18. The Morgan fingerprint density at radius 2 is 2.08 bits per heavy atom. The van der Waals surface area contributed by atoms with Crippen molar-refractivity contribution >= 4 is 5.69 Å². The van der Waals surface area contributed by atoms with Crippen LogP contribution in [0.3, 0.4) is 0 Å². The Labute approximate surface area is 73.6 Å². The van der Waals surface area contributed by atoms with E-state index >= 15 is 0 Å². The Kier molecular flexibility index (Phi) is 2.13. The number of hydrogen-bond donors (Lipinski definition) is 1. The van der Waals surface area contributed by atoms with Crippen molar-refractivity contribution in [3.8, 4) is 0 Å². The second-order valence-corrected chi connectivity index (χ2v) is 4.43. The molecule has 0 unspecified atom stereocenters. The van der Waals surface area contributed by atoms with Crippen LogP contribution in [0.4, 0.5) is 5.69 Å². The highest BCUT2D eigenvalue weighted by molar-refractivity contribution is 5.39. The van der Waals surface area contributed by atoms with Gasteiger partial charge in [0.25, 0.3) is 0 Å². The lowest BCUT2D eigenvalue weighted by atomic mass is 9.97. The summed E-state index contributed by atoms with van der Waals surface area (Å²) in [5.74, 6) is 0. The van der Waals surface area contributed by atoms with E-state index in [-0.39, 0.29) is 5.41 Å². The van der Waals surface area contributed by atoms with E-state index in [1.807, 2.05) is 17.8 Å². The van der Waals surface area contributed by atoms with Gasteiger partial charge in [0.1, 0.15) is 0 Å². The number of nitrogens with two attached hydrogens (primary N) is 1. The third-order valence-corrected chi connectivity index (χ3v) is 1.62. The van der Waals surface area contributed by atoms with Crippen molar-refractivity contribution in [1.82, 2.24) is 9.78 Å². The molecule has 12 heavy (non-hydrogen) atoms. The molecule has 0 atom stereocenters. The van der Waals surface area contributed by atoms with Crippen molar-refractivity contribution in [2.75, 3.05) is 5.73 Å². The second kappa shape index (κ2) is 2.81. The summed E-state index contributed by atoms with van der Waals surface area (Å²) in [5.41, 5.74) is 7.62. The van der Waals surface area contributed by atoms with Crippen LogP contribution >= 0.6 is 0 Å². The minimum absolute atomic E-state index is 0.255. The summed E-state index contributed by atoms with van der Waals surface area (Å²) in [6.45, 7) is 9.38. The van der Waals surface area contributed by atoms with Gasteiger partial charge >= 0.3 is 0 Å². The topological polar surface area (TPSA) is 43.8 Å². The van der Waals surface area contributed by atoms with E-state index in [0.717, 1.165) is 17.9 Å². The molecular weight excluding hydrogens is 150 g/mol. The van der Waals surface area contributed by atoms with Crippen molar-refractivity contribution in [1.29, 1.82) is 0 Å². The number of hydrogen-bond acceptors (Lipinski definition) is 2. The molecule has 0 saturated carbocycles. The Balaban J connectivity index is 2.77. The van der Waals surface area contributed by atoms with E-state index in [0.29, 0.717) is 0 Å². The highest BCUT2D eigenvalue weighted by Gasteiger charge is 2.12. The average molecular weight is 167 g/mol. The van der Waals surface area contributed by atoms with Crippen LogP contribution in [-0.2, 0) is 6.54 Å². The molecule has 0 saturated heterocycles. The van der Waals surface area contributed by atoms with Crippen molar-refractivity contribution in [2.45, 2.75) is 34.2 Å². The predicted molar refractivity (Wildman–Crippen MR) is 50.8 cm³/mol. The zero-order valence-electron chi connectivity index (χ0n) is 8.26. The van der Waals surface area contributed by atoms with Gasteiger partial charge in [-0.25, -0.2) is 0 Å². The summed E-state index contributed by atoms with van der Waals surface area (Å²) in [6.07, 6.45) is 1.89. The van der Waals surface area contributed by atoms with Crippen LogP contribution < -0.4 is 5.73 Å². The second-order valence-electron chi connectivity index (χ2n) is 4.43. The zero-order chi connectivity index (χ0) is 9.35. The molecule has 3 heteroatoms. The molecule has 2 N–H and O–H groups in total. The number of anilines is 1. The van der Waals surface area contributed by atoms with Gasteiger partial charge in [0, 0.05) is 12.7 Å². The van der Waals surface area contributed by atoms with Crippen LogP contribution in [0.2, 0.25) is 0 Å². The Morgan fingerprint density at radius 1 is 1.50 bits per heavy atom. The van der Waals surface area contributed by atoms with Crippen molar-refractivity contribution in [3.63, 3.8) is 0 Å². The molecule has 1 rings (SSSR count). The molecule has 3 nitrogen and oxygen atoms in total. The molecule has 1 aromatic heterocycles. The molecule has 0 fully saturated rings. The number of aryl methyl sites for hydroxylation is 1. The van der Waals surface area contributed by atoms with Crippen LogP contribution in [0.25, 0.3) is 0 Å². The first-order valence-corrected chi connectivity index (χ1v) is 4.18. The summed E-state index contributed by atoms with van der Waals surface area (Å²) < 4.78 is 1.91. The highest BCUT2D eigenvalue weighted by atomic mass is 15.3. The molecule has 0 aliphatic rings. The summed E-state index contributed by atoms with van der Waals surface area (Å²) >= 11 is 0. The third kappa shape index (κ3) is 2.26. The van der Waals surface area contributed by atoms with Gasteiger partial charge in [-0.2, -0.15) is 5.10 Å². The lowest BCUT2D eigenvalue weighted by Gasteiger charge is -2.17. The fourth-order valence-corrected chi connectivity index (χ4v) is 1.10. The van der Waals surface area contributed by atoms with Crippen LogP contribution in [0, 0.1) is 12.3 Å². The van der Waals surface area contributed by atoms with E-state index < -0.39 is 0 Å². The van der Waals surface area contributed by atoms with Gasteiger partial charge in [0.05, 0.1) is 11.4 Å². The van der Waals surface area contributed by atoms with Crippen molar-refractivity contribution in [3.05, 3.63) is 11.9 Å². The maximum atomic E-state index is 5.68. The summed E-state index contributed by atoms with van der Waals surface area (Å²) in [5, 5.41) is 4.29. The fourth-order valence-electron chi connectivity index (χ4n) is 1.10. The van der Waals surface area contributed by atoms with E-state index in [4.69, 9.17) is 5.73 Å². The molecule has 1 heterocycles. The minimum atomic E-state index is 0.255. The van der Waals surface area contributed by atoms with Crippen LogP contribution in [0.1, 0.15) is 26.5 Å². The molecule has 0 bridgehead atoms. The lowest BCUT2D eigenvalue weighted by Crippen LogP contribution is -2.15. The number of nitrogen functional groups attached to an aromatic ring is 1. The summed E-state index contributed by atoms with van der Waals surface area (Å²) in [7, 11) is 0. The van der Waals surface area contributed by atoms with Crippen molar-refractivity contribution in [2.24, 2.45) is 5.41 Å².